The monoisotopic (exact) mass is 396 g/mol. The topological polar surface area (TPSA) is 124 Å². The van der Waals surface area contributed by atoms with Crippen LogP contribution < -0.4 is 0 Å². The standard InChI is InChI=1S/C21H32O7/c1-11(2)8-9-19(7)16(23)14(15(22)12(3)4)17(24)20(26)10-13(18(5,6)25)28-21(19,20)27/h8,12-13,23,25-27H,9-10H2,1-7H3/t13-,19+,20-,21-/m0/s1. The second-order valence-corrected chi connectivity index (χ2v) is 9.36. The number of allylic oxidation sites excluding steroid dienone is 2. The van der Waals surface area contributed by atoms with Crippen molar-refractivity contribution in [2.45, 2.75) is 84.4 Å². The lowest BCUT2D eigenvalue weighted by Gasteiger charge is -2.50. The molecule has 0 aromatic carbocycles. The third-order valence-electron chi connectivity index (χ3n) is 5.94. The first-order chi connectivity index (χ1) is 12.5. The molecule has 7 nitrogen and oxygen atoms in total. The summed E-state index contributed by atoms with van der Waals surface area (Å²) in [6.07, 6.45) is 0.251. The average molecular weight is 396 g/mol. The van der Waals surface area contributed by atoms with Crippen LogP contribution in [0.1, 0.15) is 61.3 Å². The molecule has 0 radical (unpaired) electrons. The van der Waals surface area contributed by atoms with Crippen LogP contribution in [-0.2, 0) is 14.3 Å². The lowest BCUT2D eigenvalue weighted by atomic mass is 9.60. The van der Waals surface area contributed by atoms with E-state index in [0.717, 1.165) is 5.57 Å². The molecule has 0 aromatic heterocycles. The summed E-state index contributed by atoms with van der Waals surface area (Å²) in [5.41, 5.74) is -5.25. The van der Waals surface area contributed by atoms with Crippen molar-refractivity contribution < 1.29 is 34.8 Å². The number of hydrogen-bond acceptors (Lipinski definition) is 7. The molecule has 2 aliphatic rings. The van der Waals surface area contributed by atoms with Gasteiger partial charge >= 0.3 is 0 Å². The molecule has 0 saturated carbocycles. The van der Waals surface area contributed by atoms with E-state index in [-0.39, 0.29) is 6.42 Å². The summed E-state index contributed by atoms with van der Waals surface area (Å²) in [6.45, 7) is 11.1. The second-order valence-electron chi connectivity index (χ2n) is 9.36. The quantitative estimate of drug-likeness (QED) is 0.413. The Morgan fingerprint density at radius 2 is 1.86 bits per heavy atom. The maximum absolute atomic E-state index is 13.2. The van der Waals surface area contributed by atoms with Crippen LogP contribution >= 0.6 is 0 Å². The first-order valence-corrected chi connectivity index (χ1v) is 9.54. The minimum Gasteiger partial charge on any atom is -0.511 e. The van der Waals surface area contributed by atoms with Crippen molar-refractivity contribution in [3.63, 3.8) is 0 Å². The van der Waals surface area contributed by atoms with Gasteiger partial charge in [-0.3, -0.25) is 9.59 Å². The summed E-state index contributed by atoms with van der Waals surface area (Å²) in [5, 5.41) is 44.2. The van der Waals surface area contributed by atoms with Crippen molar-refractivity contribution in [3.8, 4) is 0 Å². The van der Waals surface area contributed by atoms with Gasteiger partial charge in [-0.05, 0) is 41.0 Å². The van der Waals surface area contributed by atoms with E-state index in [1.165, 1.54) is 20.8 Å². The summed E-state index contributed by atoms with van der Waals surface area (Å²) in [6, 6.07) is 0. The SMILES string of the molecule is CC(C)=CC[C@]1(C)C(O)=C(C(=O)C(C)C)C(=O)[C@@]2(O)C[C@@H](C(C)(C)O)O[C@@]12O. The smallest absolute Gasteiger partial charge is 0.216 e. The van der Waals surface area contributed by atoms with Gasteiger partial charge in [0.05, 0.1) is 17.1 Å². The number of carbonyl (C=O) groups is 2. The van der Waals surface area contributed by atoms with Crippen molar-refractivity contribution >= 4 is 11.6 Å². The van der Waals surface area contributed by atoms with Gasteiger partial charge in [0.1, 0.15) is 11.3 Å². The summed E-state index contributed by atoms with van der Waals surface area (Å²) >= 11 is 0. The predicted molar refractivity (Wildman–Crippen MR) is 102 cm³/mol. The normalized spacial score (nSPS) is 36.0. The molecule has 28 heavy (non-hydrogen) atoms. The number of Topliss-reactive ketones (excluding diaryl/α,β-unsaturated/α-hetero) is 2. The third kappa shape index (κ3) is 3.05. The van der Waals surface area contributed by atoms with Crippen molar-refractivity contribution in [1.82, 2.24) is 0 Å². The Hall–Kier alpha value is -1.54. The average Bonchev–Trinajstić information content (AvgIpc) is 2.86. The highest BCUT2D eigenvalue weighted by molar-refractivity contribution is 6.25. The fraction of sp³-hybridized carbons (Fsp3) is 0.714. The lowest BCUT2D eigenvalue weighted by Crippen LogP contribution is -2.68. The molecule has 0 aromatic rings. The molecule has 1 aliphatic heterocycles. The van der Waals surface area contributed by atoms with E-state index in [4.69, 9.17) is 4.74 Å². The molecule has 2 rings (SSSR count). The van der Waals surface area contributed by atoms with Crippen molar-refractivity contribution in [2.75, 3.05) is 0 Å². The van der Waals surface area contributed by atoms with Crippen LogP contribution in [0.3, 0.4) is 0 Å². The summed E-state index contributed by atoms with van der Waals surface area (Å²) in [5.74, 6) is -5.41. The third-order valence-corrected chi connectivity index (χ3v) is 5.94. The molecule has 1 fully saturated rings. The zero-order valence-electron chi connectivity index (χ0n) is 17.7. The van der Waals surface area contributed by atoms with E-state index in [2.05, 4.69) is 0 Å². The van der Waals surface area contributed by atoms with Crippen molar-refractivity contribution in [3.05, 3.63) is 23.0 Å². The number of ketones is 2. The van der Waals surface area contributed by atoms with Crippen LogP contribution in [0.2, 0.25) is 0 Å². The minimum absolute atomic E-state index is 0.0146. The number of fused-ring (bicyclic) bond motifs is 1. The van der Waals surface area contributed by atoms with Gasteiger partial charge in [-0.15, -0.1) is 0 Å². The number of aliphatic hydroxyl groups is 4. The molecule has 0 bridgehead atoms. The zero-order valence-corrected chi connectivity index (χ0v) is 17.7. The van der Waals surface area contributed by atoms with Crippen LogP contribution in [-0.4, -0.2) is 55.1 Å². The molecule has 158 valence electrons. The summed E-state index contributed by atoms with van der Waals surface area (Å²) < 4.78 is 5.70. The maximum Gasteiger partial charge on any atom is 0.216 e. The molecular formula is C21H32O7. The Bertz CT molecular complexity index is 753. The van der Waals surface area contributed by atoms with E-state index in [0.29, 0.717) is 0 Å². The number of aliphatic hydroxyl groups excluding tert-OH is 1. The number of carbonyl (C=O) groups excluding carboxylic acids is 2. The van der Waals surface area contributed by atoms with E-state index < -0.39 is 63.7 Å². The van der Waals surface area contributed by atoms with Crippen LogP contribution in [0.5, 0.6) is 0 Å². The van der Waals surface area contributed by atoms with Crippen molar-refractivity contribution in [1.29, 1.82) is 0 Å². The fourth-order valence-corrected chi connectivity index (χ4v) is 3.89. The Balaban J connectivity index is 2.79. The highest BCUT2D eigenvalue weighted by Crippen LogP contribution is 2.59. The maximum atomic E-state index is 13.2. The fourth-order valence-electron chi connectivity index (χ4n) is 3.89. The Labute approximate surface area is 165 Å². The Morgan fingerprint density at radius 3 is 2.29 bits per heavy atom. The summed E-state index contributed by atoms with van der Waals surface area (Å²) in [7, 11) is 0. The molecule has 7 heteroatoms. The Morgan fingerprint density at radius 1 is 1.32 bits per heavy atom. The molecule has 0 spiro atoms. The lowest BCUT2D eigenvalue weighted by molar-refractivity contribution is -0.318. The highest BCUT2D eigenvalue weighted by atomic mass is 16.7. The first kappa shape index (κ1) is 22.7. The number of rotatable bonds is 5. The second kappa shape index (κ2) is 6.76. The molecule has 4 N–H and O–H groups in total. The Kier molecular flexibility index (Phi) is 5.49. The van der Waals surface area contributed by atoms with E-state index in [1.54, 1.807) is 19.9 Å². The summed E-state index contributed by atoms with van der Waals surface area (Å²) in [4.78, 5) is 25.9. The first-order valence-electron chi connectivity index (χ1n) is 9.54. The van der Waals surface area contributed by atoms with Gasteiger partial charge in [0.25, 0.3) is 0 Å². The van der Waals surface area contributed by atoms with Crippen molar-refractivity contribution in [2.24, 2.45) is 11.3 Å². The van der Waals surface area contributed by atoms with E-state index in [9.17, 15) is 30.0 Å². The number of ether oxygens (including phenoxy) is 1. The molecule has 1 heterocycles. The van der Waals surface area contributed by atoms with Gasteiger partial charge < -0.3 is 25.2 Å². The largest absolute Gasteiger partial charge is 0.511 e. The molecule has 0 amide bonds. The highest BCUT2D eigenvalue weighted by Gasteiger charge is 2.76. The molecule has 0 unspecified atom stereocenters. The van der Waals surface area contributed by atoms with E-state index in [1.807, 2.05) is 13.8 Å². The zero-order chi connectivity index (χ0) is 21.9. The van der Waals surface area contributed by atoms with Crippen LogP contribution in [0, 0.1) is 11.3 Å². The van der Waals surface area contributed by atoms with Gasteiger partial charge in [0.2, 0.25) is 11.6 Å². The van der Waals surface area contributed by atoms with Gasteiger partial charge in [0.15, 0.2) is 11.4 Å². The van der Waals surface area contributed by atoms with E-state index >= 15 is 0 Å². The van der Waals surface area contributed by atoms with Gasteiger partial charge in [-0.1, -0.05) is 25.5 Å². The predicted octanol–water partition coefficient (Wildman–Crippen LogP) is 1.95. The van der Waals surface area contributed by atoms with Gasteiger partial charge in [0, 0.05) is 12.3 Å². The minimum atomic E-state index is -2.52. The molecule has 1 saturated heterocycles. The molecule has 4 atom stereocenters. The van der Waals surface area contributed by atoms with Gasteiger partial charge in [-0.25, -0.2) is 0 Å². The van der Waals surface area contributed by atoms with Crippen LogP contribution in [0.25, 0.3) is 0 Å². The molecule has 1 aliphatic carbocycles. The van der Waals surface area contributed by atoms with Crippen LogP contribution in [0.15, 0.2) is 23.0 Å². The number of hydrogen-bond donors (Lipinski definition) is 4. The molecular weight excluding hydrogens is 364 g/mol. The van der Waals surface area contributed by atoms with Crippen LogP contribution in [0.4, 0.5) is 0 Å². The van der Waals surface area contributed by atoms with Gasteiger partial charge in [-0.2, -0.15) is 0 Å².